The minimum Gasteiger partial charge on any atom is -0.289 e. The highest BCUT2D eigenvalue weighted by atomic mass is 15.5. The van der Waals surface area contributed by atoms with Crippen LogP contribution >= 0.6 is 0 Å². The lowest BCUT2D eigenvalue weighted by molar-refractivity contribution is -0.652. The maximum Gasteiger partial charge on any atom is 0.295 e. The van der Waals surface area contributed by atoms with E-state index in [2.05, 4.69) is 37.5 Å². The average molecular weight is 251 g/mol. The summed E-state index contributed by atoms with van der Waals surface area (Å²) in [6, 6.07) is 0.511. The van der Waals surface area contributed by atoms with E-state index in [9.17, 15) is 0 Å². The molecule has 102 valence electrons. The van der Waals surface area contributed by atoms with Gasteiger partial charge in [0.1, 0.15) is 6.04 Å². The Morgan fingerprint density at radius 1 is 1.33 bits per heavy atom. The van der Waals surface area contributed by atoms with Crippen LogP contribution in [0, 0.1) is 31.6 Å². The molecule has 2 rings (SSSR count). The fourth-order valence-electron chi connectivity index (χ4n) is 3.37. The number of aromatic nitrogens is 3. The zero-order valence-electron chi connectivity index (χ0n) is 12.3. The Balaban J connectivity index is 2.35. The van der Waals surface area contributed by atoms with Gasteiger partial charge in [0.25, 0.3) is 11.6 Å². The SMILES string of the molecule is Cc1nn([C@H]2C[C@H](C)CC[C@@H]2C(C)C)c(C)[n+]1N. The molecular formula is C14H27N4+. The van der Waals surface area contributed by atoms with E-state index in [0.717, 1.165) is 23.5 Å². The molecule has 2 N–H and O–H groups in total. The quantitative estimate of drug-likeness (QED) is 0.646. The Hall–Kier alpha value is -1.06. The van der Waals surface area contributed by atoms with Gasteiger partial charge < -0.3 is 0 Å². The first-order valence-electron chi connectivity index (χ1n) is 7.14. The van der Waals surface area contributed by atoms with Crippen LogP contribution in [0.2, 0.25) is 0 Å². The molecule has 0 amide bonds. The van der Waals surface area contributed by atoms with Crippen molar-refractivity contribution in [3.63, 3.8) is 0 Å². The van der Waals surface area contributed by atoms with Gasteiger partial charge in [0.15, 0.2) is 0 Å². The third kappa shape index (κ3) is 2.25. The van der Waals surface area contributed by atoms with Crippen LogP contribution < -0.4 is 10.5 Å². The van der Waals surface area contributed by atoms with Crippen LogP contribution in [0.15, 0.2) is 0 Å². The summed E-state index contributed by atoms with van der Waals surface area (Å²) in [6.45, 7) is 11.0. The second-order valence-electron chi connectivity index (χ2n) is 6.30. The highest BCUT2D eigenvalue weighted by Crippen LogP contribution is 2.40. The summed E-state index contributed by atoms with van der Waals surface area (Å²) in [7, 11) is 0. The molecule has 4 heteroatoms. The molecule has 0 aliphatic heterocycles. The number of aryl methyl sites for hydroxylation is 1. The van der Waals surface area contributed by atoms with E-state index in [1.165, 1.54) is 19.3 Å². The van der Waals surface area contributed by atoms with E-state index in [-0.39, 0.29) is 0 Å². The molecule has 0 bridgehead atoms. The maximum absolute atomic E-state index is 6.00. The van der Waals surface area contributed by atoms with E-state index in [4.69, 9.17) is 5.84 Å². The Morgan fingerprint density at radius 2 is 2.00 bits per heavy atom. The van der Waals surface area contributed by atoms with E-state index >= 15 is 0 Å². The van der Waals surface area contributed by atoms with Crippen molar-refractivity contribution in [1.82, 2.24) is 9.78 Å². The first-order valence-corrected chi connectivity index (χ1v) is 7.14. The van der Waals surface area contributed by atoms with Crippen LogP contribution in [-0.4, -0.2) is 9.78 Å². The van der Waals surface area contributed by atoms with Gasteiger partial charge in [-0.2, -0.15) is 0 Å². The van der Waals surface area contributed by atoms with Gasteiger partial charge in [-0.1, -0.05) is 27.2 Å². The Kier molecular flexibility index (Phi) is 3.64. The molecule has 0 aromatic carbocycles. The van der Waals surface area contributed by atoms with Gasteiger partial charge in [0.05, 0.1) is 0 Å². The van der Waals surface area contributed by atoms with Gasteiger partial charge in [-0.05, 0) is 30.6 Å². The van der Waals surface area contributed by atoms with Crippen LogP contribution in [0.4, 0.5) is 0 Å². The predicted octanol–water partition coefficient (Wildman–Crippen LogP) is 2.13. The normalized spacial score (nSPS) is 28.9. The number of nitrogens with zero attached hydrogens (tertiary/aromatic N) is 3. The van der Waals surface area contributed by atoms with Gasteiger partial charge in [-0.15, -0.1) is 9.36 Å². The standard InChI is InChI=1S/C14H27N4/c1-9(2)13-7-6-10(3)8-14(13)18-12(5)17(15)11(4)16-18/h9-10,13-14H,6-8,15H2,1-5H3/q+1/t10-,13-,14+/m1/s1. The van der Waals surface area contributed by atoms with E-state index in [1.807, 2.05) is 6.92 Å². The number of rotatable bonds is 2. The summed E-state index contributed by atoms with van der Waals surface area (Å²) in [6.07, 6.45) is 3.89. The minimum atomic E-state index is 0.511. The number of hydrogen-bond acceptors (Lipinski definition) is 2. The van der Waals surface area contributed by atoms with Crippen molar-refractivity contribution in [2.75, 3.05) is 5.84 Å². The van der Waals surface area contributed by atoms with Crippen molar-refractivity contribution in [3.8, 4) is 0 Å². The molecule has 1 aromatic rings. The zero-order valence-corrected chi connectivity index (χ0v) is 12.3. The highest BCUT2D eigenvalue weighted by molar-refractivity contribution is 4.89. The van der Waals surface area contributed by atoms with Gasteiger partial charge in [0, 0.05) is 18.9 Å². The van der Waals surface area contributed by atoms with Crippen LogP contribution in [0.1, 0.15) is 57.7 Å². The second kappa shape index (κ2) is 4.90. The first kappa shape index (κ1) is 13.4. The molecule has 0 radical (unpaired) electrons. The van der Waals surface area contributed by atoms with Crippen molar-refractivity contribution in [3.05, 3.63) is 11.6 Å². The average Bonchev–Trinajstić information content (AvgIpc) is 2.56. The lowest BCUT2D eigenvalue weighted by atomic mass is 9.74. The monoisotopic (exact) mass is 251 g/mol. The largest absolute Gasteiger partial charge is 0.295 e. The first-order chi connectivity index (χ1) is 8.41. The number of nitrogens with two attached hydrogens (primary N) is 1. The Bertz CT molecular complexity index is 422. The van der Waals surface area contributed by atoms with Gasteiger partial charge in [-0.25, -0.2) is 0 Å². The van der Waals surface area contributed by atoms with Crippen LogP contribution in [0.3, 0.4) is 0 Å². The summed E-state index contributed by atoms with van der Waals surface area (Å²) < 4.78 is 3.88. The zero-order chi connectivity index (χ0) is 13.4. The van der Waals surface area contributed by atoms with Crippen LogP contribution in [0.5, 0.6) is 0 Å². The summed E-state index contributed by atoms with van der Waals surface area (Å²) in [5.41, 5.74) is 0. The molecule has 1 aliphatic rings. The molecule has 0 spiro atoms. The Labute approximate surface area is 110 Å². The van der Waals surface area contributed by atoms with Gasteiger partial charge in [0.2, 0.25) is 0 Å². The molecular weight excluding hydrogens is 224 g/mol. The molecule has 0 saturated heterocycles. The molecule has 1 aliphatic carbocycles. The summed E-state index contributed by atoms with van der Waals surface area (Å²) in [5.74, 6) is 10.2. The van der Waals surface area contributed by atoms with Crippen molar-refractivity contribution in [2.45, 2.75) is 59.9 Å². The molecule has 1 saturated carbocycles. The maximum atomic E-state index is 6.00. The van der Waals surface area contributed by atoms with Crippen molar-refractivity contribution in [1.29, 1.82) is 0 Å². The van der Waals surface area contributed by atoms with Crippen LogP contribution in [-0.2, 0) is 0 Å². The summed E-state index contributed by atoms with van der Waals surface area (Å²) in [4.78, 5) is 0. The van der Waals surface area contributed by atoms with Crippen molar-refractivity contribution < 1.29 is 4.68 Å². The lowest BCUT2D eigenvalue weighted by Gasteiger charge is -2.34. The van der Waals surface area contributed by atoms with Gasteiger partial charge in [-0.3, -0.25) is 5.84 Å². The number of nitrogen functional groups attached to an aromatic ring is 1. The molecule has 1 heterocycles. The smallest absolute Gasteiger partial charge is 0.289 e. The third-order valence-electron chi connectivity index (χ3n) is 4.58. The van der Waals surface area contributed by atoms with Crippen molar-refractivity contribution >= 4 is 0 Å². The summed E-state index contributed by atoms with van der Waals surface area (Å²) in [5, 5.41) is 4.66. The van der Waals surface area contributed by atoms with E-state index in [0.29, 0.717) is 12.0 Å². The van der Waals surface area contributed by atoms with Crippen molar-refractivity contribution in [2.24, 2.45) is 17.8 Å². The minimum absolute atomic E-state index is 0.511. The van der Waals surface area contributed by atoms with Crippen LogP contribution in [0.25, 0.3) is 0 Å². The molecule has 1 fully saturated rings. The molecule has 0 unspecified atom stereocenters. The van der Waals surface area contributed by atoms with E-state index in [1.54, 1.807) is 4.68 Å². The summed E-state index contributed by atoms with van der Waals surface area (Å²) >= 11 is 0. The molecule has 4 nitrogen and oxygen atoms in total. The second-order valence-corrected chi connectivity index (χ2v) is 6.30. The molecule has 1 aromatic heterocycles. The topological polar surface area (TPSA) is 47.7 Å². The van der Waals surface area contributed by atoms with Gasteiger partial charge >= 0.3 is 0 Å². The van der Waals surface area contributed by atoms with E-state index < -0.39 is 0 Å². The highest BCUT2D eigenvalue weighted by Gasteiger charge is 2.38. The number of hydrogen-bond donors (Lipinski definition) is 1. The fraction of sp³-hybridized carbons (Fsp3) is 0.857. The Morgan fingerprint density at radius 3 is 2.50 bits per heavy atom. The molecule has 18 heavy (non-hydrogen) atoms. The predicted molar refractivity (Wildman–Crippen MR) is 72.4 cm³/mol. The fourth-order valence-corrected chi connectivity index (χ4v) is 3.37. The third-order valence-corrected chi connectivity index (χ3v) is 4.58. The lowest BCUT2D eigenvalue weighted by Crippen LogP contribution is -2.49. The molecule has 3 atom stereocenters.